The zero-order valence-corrected chi connectivity index (χ0v) is 11.9. The number of rotatable bonds is 5. The molecule has 21 heavy (non-hydrogen) atoms. The van der Waals surface area contributed by atoms with Gasteiger partial charge in [0.15, 0.2) is 0 Å². The van der Waals surface area contributed by atoms with Gasteiger partial charge in [-0.05, 0) is 24.6 Å². The third-order valence-electron chi connectivity index (χ3n) is 2.76. The quantitative estimate of drug-likeness (QED) is 0.647. The van der Waals surface area contributed by atoms with Crippen molar-refractivity contribution in [3.05, 3.63) is 35.1 Å². The highest BCUT2D eigenvalue weighted by molar-refractivity contribution is 7.80. The first-order valence-corrected chi connectivity index (χ1v) is 6.54. The first-order valence-electron chi connectivity index (χ1n) is 6.13. The van der Waals surface area contributed by atoms with Crippen LogP contribution in [0.25, 0.3) is 0 Å². The van der Waals surface area contributed by atoms with Crippen molar-refractivity contribution >= 4 is 23.1 Å². The molecule has 1 atom stereocenters. The van der Waals surface area contributed by atoms with E-state index < -0.39 is 35.1 Å². The van der Waals surface area contributed by atoms with Gasteiger partial charge in [-0.1, -0.05) is 25.6 Å². The van der Waals surface area contributed by atoms with Crippen LogP contribution in [0.4, 0.5) is 17.6 Å². The minimum Gasteiger partial charge on any atom is -0.392 e. The second-order valence-electron chi connectivity index (χ2n) is 4.41. The number of hydrogen-bond acceptors (Lipinski definition) is 2. The van der Waals surface area contributed by atoms with E-state index >= 15 is 0 Å². The fourth-order valence-electron chi connectivity index (χ4n) is 1.69. The maximum absolute atomic E-state index is 13.6. The number of thiocarbonyl (C=S) groups is 1. The second-order valence-corrected chi connectivity index (χ2v) is 4.88. The van der Waals surface area contributed by atoms with E-state index in [-0.39, 0.29) is 4.99 Å². The van der Waals surface area contributed by atoms with Gasteiger partial charge in [-0.25, -0.2) is 4.39 Å². The number of nitrogens with two attached hydrogens (primary N) is 1. The minimum atomic E-state index is -4.66. The lowest BCUT2D eigenvalue weighted by Crippen LogP contribution is -2.43. The van der Waals surface area contributed by atoms with E-state index in [4.69, 9.17) is 18.0 Å². The lowest BCUT2D eigenvalue weighted by molar-refractivity contribution is -0.137. The summed E-state index contributed by atoms with van der Waals surface area (Å²) < 4.78 is 51.3. The first-order chi connectivity index (χ1) is 9.66. The third kappa shape index (κ3) is 4.66. The third-order valence-corrected chi connectivity index (χ3v) is 3.05. The molecular weight excluding hydrogens is 308 g/mol. The SMILES string of the molecule is CCCC(NC(=O)c1cc(C(F)(F)F)ccc1F)C(N)=S. The van der Waals surface area contributed by atoms with Crippen LogP contribution in [-0.4, -0.2) is 16.9 Å². The molecule has 1 rings (SSSR count). The summed E-state index contributed by atoms with van der Waals surface area (Å²) in [6.07, 6.45) is -3.59. The fraction of sp³-hybridized carbons (Fsp3) is 0.385. The van der Waals surface area contributed by atoms with Crippen LogP contribution in [-0.2, 0) is 6.18 Å². The summed E-state index contributed by atoms with van der Waals surface area (Å²) in [5.74, 6) is -2.02. The van der Waals surface area contributed by atoms with Crippen LogP contribution in [0.15, 0.2) is 18.2 Å². The fourth-order valence-corrected chi connectivity index (χ4v) is 1.86. The van der Waals surface area contributed by atoms with E-state index in [0.717, 1.165) is 0 Å². The Balaban J connectivity index is 3.04. The van der Waals surface area contributed by atoms with Crippen molar-refractivity contribution in [2.45, 2.75) is 32.0 Å². The van der Waals surface area contributed by atoms with Crippen LogP contribution in [0.2, 0.25) is 0 Å². The summed E-state index contributed by atoms with van der Waals surface area (Å²) in [6, 6.07) is 0.954. The number of halogens is 4. The lowest BCUT2D eigenvalue weighted by atomic mass is 10.1. The van der Waals surface area contributed by atoms with E-state index in [1.165, 1.54) is 0 Å². The number of nitrogens with one attached hydrogen (secondary N) is 1. The molecule has 0 saturated carbocycles. The van der Waals surface area contributed by atoms with Crippen LogP contribution in [0.3, 0.4) is 0 Å². The summed E-state index contributed by atoms with van der Waals surface area (Å²) >= 11 is 4.76. The van der Waals surface area contributed by atoms with Crippen LogP contribution in [0.1, 0.15) is 35.7 Å². The number of amides is 1. The molecule has 1 aromatic carbocycles. The molecule has 0 saturated heterocycles. The Morgan fingerprint density at radius 1 is 1.43 bits per heavy atom. The average Bonchev–Trinajstić information content (AvgIpc) is 2.36. The predicted octanol–water partition coefficient (Wildman–Crippen LogP) is 3.03. The largest absolute Gasteiger partial charge is 0.416 e. The molecule has 0 aliphatic carbocycles. The predicted molar refractivity (Wildman–Crippen MR) is 74.3 cm³/mol. The number of hydrogen-bond donors (Lipinski definition) is 2. The van der Waals surface area contributed by atoms with Gasteiger partial charge in [-0.2, -0.15) is 13.2 Å². The van der Waals surface area contributed by atoms with Crippen molar-refractivity contribution in [1.29, 1.82) is 0 Å². The molecule has 1 aromatic rings. The molecule has 0 radical (unpaired) electrons. The Morgan fingerprint density at radius 3 is 2.52 bits per heavy atom. The van der Waals surface area contributed by atoms with E-state index in [2.05, 4.69) is 5.32 Å². The molecule has 1 unspecified atom stereocenters. The number of carbonyl (C=O) groups excluding carboxylic acids is 1. The molecule has 0 aliphatic rings. The Morgan fingerprint density at radius 2 is 2.05 bits per heavy atom. The van der Waals surface area contributed by atoms with Crippen LogP contribution in [0.5, 0.6) is 0 Å². The highest BCUT2D eigenvalue weighted by Crippen LogP contribution is 2.30. The standard InChI is InChI=1S/C13H14F4N2OS/c1-2-3-10(11(18)21)19-12(20)8-6-7(13(15,16)17)4-5-9(8)14/h4-6,10H,2-3H2,1H3,(H2,18,21)(H,19,20). The smallest absolute Gasteiger partial charge is 0.392 e. The highest BCUT2D eigenvalue weighted by Gasteiger charge is 2.32. The second kappa shape index (κ2) is 6.84. The van der Waals surface area contributed by atoms with Gasteiger partial charge in [-0.15, -0.1) is 0 Å². The number of benzene rings is 1. The Hall–Kier alpha value is -1.70. The first kappa shape index (κ1) is 17.4. The van der Waals surface area contributed by atoms with Gasteiger partial charge >= 0.3 is 6.18 Å². The van der Waals surface area contributed by atoms with Gasteiger partial charge in [0.05, 0.1) is 22.2 Å². The van der Waals surface area contributed by atoms with Gasteiger partial charge < -0.3 is 11.1 Å². The molecule has 0 heterocycles. The number of alkyl halides is 3. The summed E-state index contributed by atoms with van der Waals surface area (Å²) in [5, 5.41) is 2.34. The topological polar surface area (TPSA) is 55.1 Å². The molecule has 0 aromatic heterocycles. The van der Waals surface area contributed by atoms with Gasteiger partial charge in [0.2, 0.25) is 0 Å². The molecule has 8 heteroatoms. The normalized spacial score (nSPS) is 12.8. The Bertz CT molecular complexity index is 545. The van der Waals surface area contributed by atoms with E-state index in [0.29, 0.717) is 31.0 Å². The van der Waals surface area contributed by atoms with Crippen molar-refractivity contribution in [2.24, 2.45) is 5.73 Å². The van der Waals surface area contributed by atoms with Crippen LogP contribution < -0.4 is 11.1 Å². The molecule has 0 fully saturated rings. The average molecular weight is 322 g/mol. The van der Waals surface area contributed by atoms with Gasteiger partial charge in [0.1, 0.15) is 5.82 Å². The molecule has 3 N–H and O–H groups in total. The van der Waals surface area contributed by atoms with Crippen molar-refractivity contribution in [3.63, 3.8) is 0 Å². The molecule has 116 valence electrons. The maximum Gasteiger partial charge on any atom is 0.416 e. The number of carbonyl (C=O) groups is 1. The highest BCUT2D eigenvalue weighted by atomic mass is 32.1. The summed E-state index contributed by atoms with van der Waals surface area (Å²) in [7, 11) is 0. The molecule has 3 nitrogen and oxygen atoms in total. The maximum atomic E-state index is 13.6. The molecule has 1 amide bonds. The van der Waals surface area contributed by atoms with Crippen LogP contribution >= 0.6 is 12.2 Å². The molecular formula is C13H14F4N2OS. The van der Waals surface area contributed by atoms with Crippen molar-refractivity contribution in [2.75, 3.05) is 0 Å². The van der Waals surface area contributed by atoms with Crippen molar-refractivity contribution in [3.8, 4) is 0 Å². The monoisotopic (exact) mass is 322 g/mol. The van der Waals surface area contributed by atoms with Gasteiger partial charge in [0.25, 0.3) is 5.91 Å². The van der Waals surface area contributed by atoms with Gasteiger partial charge in [0, 0.05) is 0 Å². The lowest BCUT2D eigenvalue weighted by Gasteiger charge is -2.17. The summed E-state index contributed by atoms with van der Waals surface area (Å²) in [4.78, 5) is 11.9. The zero-order valence-electron chi connectivity index (χ0n) is 11.1. The van der Waals surface area contributed by atoms with E-state index in [1.807, 2.05) is 6.92 Å². The van der Waals surface area contributed by atoms with Crippen molar-refractivity contribution in [1.82, 2.24) is 5.32 Å². The minimum absolute atomic E-state index is 0.00224. The van der Waals surface area contributed by atoms with E-state index in [9.17, 15) is 22.4 Å². The molecule has 0 bridgehead atoms. The Kier molecular flexibility index (Phi) is 5.65. The van der Waals surface area contributed by atoms with E-state index in [1.54, 1.807) is 0 Å². The van der Waals surface area contributed by atoms with Crippen LogP contribution in [0, 0.1) is 5.82 Å². The molecule has 0 aliphatic heterocycles. The van der Waals surface area contributed by atoms with Crippen molar-refractivity contribution < 1.29 is 22.4 Å². The summed E-state index contributed by atoms with van der Waals surface area (Å²) in [6.45, 7) is 1.82. The molecule has 0 spiro atoms. The zero-order chi connectivity index (χ0) is 16.2. The Labute approximate surface area is 124 Å². The van der Waals surface area contributed by atoms with Gasteiger partial charge in [-0.3, -0.25) is 4.79 Å². The summed E-state index contributed by atoms with van der Waals surface area (Å²) in [5.41, 5.74) is 3.64.